The van der Waals surface area contributed by atoms with Crippen LogP contribution in [0.4, 0.5) is 0 Å². The predicted octanol–water partition coefficient (Wildman–Crippen LogP) is 3.57. The molecule has 2 rings (SSSR count). The van der Waals surface area contributed by atoms with Crippen LogP contribution in [0.3, 0.4) is 0 Å². The van der Waals surface area contributed by atoms with Gasteiger partial charge in [0.25, 0.3) is 0 Å². The van der Waals surface area contributed by atoms with Crippen molar-refractivity contribution in [2.45, 2.75) is 16.2 Å². The first kappa shape index (κ1) is 11.8. The molecule has 0 unspecified atom stereocenters. The number of rotatable bonds is 3. The Hall–Kier alpha value is -0.720. The number of carbonyl (C=O) groups excluding carboxylic acids is 1. The Bertz CT molecular complexity index is 527. The molecule has 0 aliphatic heterocycles. The molecule has 0 aliphatic rings. The van der Waals surface area contributed by atoms with E-state index >= 15 is 0 Å². The van der Waals surface area contributed by atoms with Gasteiger partial charge in [-0.05, 0) is 36.7 Å². The average Bonchev–Trinajstić information content (AvgIpc) is 2.64. The summed E-state index contributed by atoms with van der Waals surface area (Å²) in [6, 6.07) is 5.54. The number of aromatic nitrogens is 2. The number of aryl methyl sites for hydroxylation is 1. The summed E-state index contributed by atoms with van der Waals surface area (Å²) in [4.78, 5) is 16.0. The molecule has 82 valence electrons. The van der Waals surface area contributed by atoms with Crippen molar-refractivity contribution in [2.75, 3.05) is 0 Å². The lowest BCUT2D eigenvalue weighted by Gasteiger charge is -2.01. The van der Waals surface area contributed by atoms with Gasteiger partial charge in [0, 0.05) is 14.9 Å². The third kappa shape index (κ3) is 2.69. The van der Waals surface area contributed by atoms with Gasteiger partial charge in [-0.3, -0.25) is 4.79 Å². The van der Waals surface area contributed by atoms with Crippen LogP contribution in [0.2, 0.25) is 0 Å². The van der Waals surface area contributed by atoms with E-state index in [0.717, 1.165) is 25.8 Å². The molecule has 0 radical (unpaired) electrons. The van der Waals surface area contributed by atoms with E-state index in [-0.39, 0.29) is 0 Å². The Balaban J connectivity index is 2.32. The van der Waals surface area contributed by atoms with E-state index in [1.54, 1.807) is 6.07 Å². The number of hydrogen-bond acceptors (Lipinski definition) is 5. The molecular formula is C10H7BrN2OS2. The Morgan fingerprint density at radius 2 is 2.31 bits per heavy atom. The molecule has 0 N–H and O–H groups in total. The predicted molar refractivity (Wildman–Crippen MR) is 68.3 cm³/mol. The van der Waals surface area contributed by atoms with Crippen LogP contribution in [0.25, 0.3) is 0 Å². The highest BCUT2D eigenvalue weighted by molar-refractivity contribution is 9.10. The van der Waals surface area contributed by atoms with Gasteiger partial charge in [0.15, 0.2) is 10.6 Å². The van der Waals surface area contributed by atoms with Crippen molar-refractivity contribution < 1.29 is 4.79 Å². The highest BCUT2D eigenvalue weighted by Crippen LogP contribution is 2.32. The zero-order valence-corrected chi connectivity index (χ0v) is 11.5. The van der Waals surface area contributed by atoms with Crippen LogP contribution in [0, 0.1) is 6.92 Å². The fourth-order valence-corrected chi connectivity index (χ4v) is 3.36. The van der Waals surface area contributed by atoms with Crippen molar-refractivity contribution in [3.8, 4) is 0 Å². The van der Waals surface area contributed by atoms with Crippen LogP contribution in [-0.2, 0) is 0 Å². The molecule has 0 amide bonds. The maximum absolute atomic E-state index is 10.9. The second-order valence-electron chi connectivity index (χ2n) is 3.01. The summed E-state index contributed by atoms with van der Waals surface area (Å²) in [6.45, 7) is 1.85. The quantitative estimate of drug-likeness (QED) is 0.812. The van der Waals surface area contributed by atoms with Gasteiger partial charge in [-0.1, -0.05) is 27.7 Å². The lowest BCUT2D eigenvalue weighted by Crippen LogP contribution is -1.84. The molecule has 1 aromatic heterocycles. The summed E-state index contributed by atoms with van der Waals surface area (Å²) < 4.78 is 5.89. The van der Waals surface area contributed by atoms with E-state index in [4.69, 9.17) is 0 Å². The minimum Gasteiger partial charge on any atom is -0.298 e. The van der Waals surface area contributed by atoms with Gasteiger partial charge in [0.1, 0.15) is 5.82 Å². The monoisotopic (exact) mass is 314 g/mol. The van der Waals surface area contributed by atoms with Gasteiger partial charge in [0.2, 0.25) is 0 Å². The van der Waals surface area contributed by atoms with Crippen LogP contribution >= 0.6 is 39.2 Å². The Labute approximate surface area is 110 Å². The largest absolute Gasteiger partial charge is 0.298 e. The third-order valence-corrected chi connectivity index (χ3v) is 4.22. The minimum atomic E-state index is 0.668. The van der Waals surface area contributed by atoms with Crippen LogP contribution in [0.15, 0.2) is 31.9 Å². The standard InChI is InChI=1S/C10H7BrN2OS2/c1-6-12-10(16-13-6)15-9-4-8(11)3-2-7(9)5-14/h2-5H,1H3. The second-order valence-corrected chi connectivity index (χ2v) is 5.97. The molecule has 0 spiro atoms. The van der Waals surface area contributed by atoms with Gasteiger partial charge in [-0.15, -0.1) is 0 Å². The molecule has 1 aromatic carbocycles. The first-order valence-corrected chi connectivity index (χ1v) is 6.80. The maximum atomic E-state index is 10.9. The molecule has 0 saturated heterocycles. The van der Waals surface area contributed by atoms with E-state index in [1.165, 1.54) is 23.3 Å². The van der Waals surface area contributed by atoms with E-state index in [1.807, 2.05) is 19.1 Å². The summed E-state index contributed by atoms with van der Waals surface area (Å²) in [7, 11) is 0. The lowest BCUT2D eigenvalue weighted by molar-refractivity contribution is 0.112. The molecule has 16 heavy (non-hydrogen) atoms. The molecule has 0 saturated carbocycles. The van der Waals surface area contributed by atoms with E-state index in [2.05, 4.69) is 25.3 Å². The van der Waals surface area contributed by atoms with Gasteiger partial charge < -0.3 is 0 Å². The number of hydrogen-bond donors (Lipinski definition) is 0. The Kier molecular flexibility index (Phi) is 3.73. The number of benzene rings is 1. The number of nitrogens with zero attached hydrogens (tertiary/aromatic N) is 2. The van der Waals surface area contributed by atoms with Crippen molar-refractivity contribution in [3.05, 3.63) is 34.1 Å². The Morgan fingerprint density at radius 3 is 2.94 bits per heavy atom. The zero-order valence-electron chi connectivity index (χ0n) is 8.31. The normalized spacial score (nSPS) is 10.4. The molecule has 6 heteroatoms. The summed E-state index contributed by atoms with van der Waals surface area (Å²) in [6.07, 6.45) is 0.850. The van der Waals surface area contributed by atoms with Crippen molar-refractivity contribution in [1.82, 2.24) is 9.36 Å². The second kappa shape index (κ2) is 5.07. The minimum absolute atomic E-state index is 0.668. The van der Waals surface area contributed by atoms with Gasteiger partial charge >= 0.3 is 0 Å². The van der Waals surface area contributed by atoms with Crippen LogP contribution < -0.4 is 0 Å². The van der Waals surface area contributed by atoms with Crippen LogP contribution in [0.5, 0.6) is 0 Å². The third-order valence-electron chi connectivity index (χ3n) is 1.81. The molecule has 0 bridgehead atoms. The summed E-state index contributed by atoms with van der Waals surface area (Å²) >= 11 is 6.18. The van der Waals surface area contributed by atoms with Crippen molar-refractivity contribution in [1.29, 1.82) is 0 Å². The summed E-state index contributed by atoms with van der Waals surface area (Å²) in [5.74, 6) is 0.759. The van der Waals surface area contributed by atoms with Gasteiger partial charge in [-0.25, -0.2) is 4.98 Å². The van der Waals surface area contributed by atoms with E-state index in [9.17, 15) is 4.79 Å². The topological polar surface area (TPSA) is 42.9 Å². The summed E-state index contributed by atoms with van der Waals surface area (Å²) in [5, 5.41) is 0. The van der Waals surface area contributed by atoms with E-state index < -0.39 is 0 Å². The first-order chi connectivity index (χ1) is 7.69. The Morgan fingerprint density at radius 1 is 1.50 bits per heavy atom. The molecule has 0 atom stereocenters. The smallest absolute Gasteiger partial charge is 0.174 e. The summed E-state index contributed by atoms with van der Waals surface area (Å²) in [5.41, 5.74) is 0.668. The number of aldehydes is 1. The van der Waals surface area contributed by atoms with Gasteiger partial charge in [0.05, 0.1) is 0 Å². The van der Waals surface area contributed by atoms with Crippen molar-refractivity contribution in [3.63, 3.8) is 0 Å². The fourth-order valence-electron chi connectivity index (χ4n) is 1.11. The average molecular weight is 315 g/mol. The van der Waals surface area contributed by atoms with Crippen LogP contribution in [-0.4, -0.2) is 15.6 Å². The lowest BCUT2D eigenvalue weighted by atomic mass is 10.2. The van der Waals surface area contributed by atoms with E-state index in [0.29, 0.717) is 5.56 Å². The highest BCUT2D eigenvalue weighted by Gasteiger charge is 2.08. The number of halogens is 1. The van der Waals surface area contributed by atoms with Crippen molar-refractivity contribution in [2.24, 2.45) is 0 Å². The molecule has 0 fully saturated rings. The maximum Gasteiger partial charge on any atom is 0.174 e. The zero-order chi connectivity index (χ0) is 11.5. The molecule has 1 heterocycles. The van der Waals surface area contributed by atoms with Gasteiger partial charge in [-0.2, -0.15) is 4.37 Å². The highest BCUT2D eigenvalue weighted by atomic mass is 79.9. The first-order valence-electron chi connectivity index (χ1n) is 4.42. The fraction of sp³-hybridized carbons (Fsp3) is 0.100. The SMILES string of the molecule is Cc1nsc(Sc2cc(Br)ccc2C=O)n1. The molecular weight excluding hydrogens is 308 g/mol. The molecule has 3 nitrogen and oxygen atoms in total. The molecule has 2 aromatic rings. The van der Waals surface area contributed by atoms with Crippen LogP contribution in [0.1, 0.15) is 16.2 Å². The number of carbonyl (C=O) groups is 1. The van der Waals surface area contributed by atoms with Crippen molar-refractivity contribution >= 4 is 45.5 Å². The molecule has 0 aliphatic carbocycles.